The standard InChI is InChI=1S/C13H17NO3/c1-2-17-13(16)9-14-7-10-5-3-4-6-12(15)11(10)8-14/h7-8H,2-6,9H2,1H3. The zero-order valence-corrected chi connectivity index (χ0v) is 10.1. The second kappa shape index (κ2) is 5.17. The minimum atomic E-state index is -0.259. The van der Waals surface area contributed by atoms with E-state index < -0.39 is 0 Å². The van der Waals surface area contributed by atoms with Gasteiger partial charge in [0, 0.05) is 24.4 Å². The van der Waals surface area contributed by atoms with Gasteiger partial charge in [-0.3, -0.25) is 9.59 Å². The Balaban J connectivity index is 2.14. The van der Waals surface area contributed by atoms with Gasteiger partial charge in [0.15, 0.2) is 5.78 Å². The van der Waals surface area contributed by atoms with Crippen LogP contribution in [-0.2, 0) is 22.5 Å². The predicted molar refractivity (Wildman–Crippen MR) is 63.0 cm³/mol. The van der Waals surface area contributed by atoms with Crippen molar-refractivity contribution in [1.29, 1.82) is 0 Å². The summed E-state index contributed by atoms with van der Waals surface area (Å²) >= 11 is 0. The average Bonchev–Trinajstić information content (AvgIpc) is 2.60. The number of hydrogen-bond acceptors (Lipinski definition) is 3. The van der Waals surface area contributed by atoms with E-state index >= 15 is 0 Å². The van der Waals surface area contributed by atoms with Gasteiger partial charge in [-0.25, -0.2) is 0 Å². The van der Waals surface area contributed by atoms with Gasteiger partial charge >= 0.3 is 5.97 Å². The largest absolute Gasteiger partial charge is 0.465 e. The summed E-state index contributed by atoms with van der Waals surface area (Å²) in [6.07, 6.45) is 7.23. The Bertz CT molecular complexity index is 434. The number of nitrogens with zero attached hydrogens (tertiary/aromatic N) is 1. The van der Waals surface area contributed by atoms with E-state index in [0.29, 0.717) is 13.0 Å². The lowest BCUT2D eigenvalue weighted by atomic mass is 10.1. The molecule has 0 bridgehead atoms. The minimum absolute atomic E-state index is 0.189. The molecule has 0 atom stereocenters. The Kier molecular flexibility index (Phi) is 3.61. The molecule has 4 heteroatoms. The summed E-state index contributed by atoms with van der Waals surface area (Å²) in [5, 5.41) is 0. The van der Waals surface area contributed by atoms with Gasteiger partial charge < -0.3 is 9.30 Å². The van der Waals surface area contributed by atoms with Crippen molar-refractivity contribution < 1.29 is 14.3 Å². The van der Waals surface area contributed by atoms with Gasteiger partial charge in [0.05, 0.1) is 6.61 Å². The molecule has 0 amide bonds. The van der Waals surface area contributed by atoms with Crippen molar-refractivity contribution in [2.45, 2.75) is 39.2 Å². The summed E-state index contributed by atoms with van der Waals surface area (Å²) in [6, 6.07) is 0. The summed E-state index contributed by atoms with van der Waals surface area (Å²) < 4.78 is 6.64. The first kappa shape index (κ1) is 11.9. The molecule has 1 aromatic rings. The summed E-state index contributed by atoms with van der Waals surface area (Å²) in [6.45, 7) is 2.36. The second-order valence-corrected chi connectivity index (χ2v) is 4.30. The fourth-order valence-corrected chi connectivity index (χ4v) is 2.19. The van der Waals surface area contributed by atoms with E-state index in [4.69, 9.17) is 4.74 Å². The van der Waals surface area contributed by atoms with Crippen LogP contribution >= 0.6 is 0 Å². The van der Waals surface area contributed by atoms with E-state index in [0.717, 1.165) is 30.4 Å². The van der Waals surface area contributed by atoms with E-state index in [1.165, 1.54) is 0 Å². The maximum atomic E-state index is 11.8. The van der Waals surface area contributed by atoms with Crippen molar-refractivity contribution in [2.24, 2.45) is 0 Å². The van der Waals surface area contributed by atoms with Crippen LogP contribution in [0.2, 0.25) is 0 Å². The Hall–Kier alpha value is -1.58. The van der Waals surface area contributed by atoms with Gasteiger partial charge in [-0.1, -0.05) is 0 Å². The normalized spacial score (nSPS) is 15.2. The third kappa shape index (κ3) is 2.75. The third-order valence-corrected chi connectivity index (χ3v) is 2.98. The molecular formula is C13H17NO3. The predicted octanol–water partition coefficient (Wildman–Crippen LogP) is 1.96. The van der Waals surface area contributed by atoms with Crippen LogP contribution < -0.4 is 0 Å². The first-order valence-corrected chi connectivity index (χ1v) is 6.08. The number of ketones is 1. The molecule has 0 aromatic carbocycles. The van der Waals surface area contributed by atoms with Crippen LogP contribution in [0, 0.1) is 0 Å². The van der Waals surface area contributed by atoms with Crippen molar-refractivity contribution >= 4 is 11.8 Å². The van der Waals surface area contributed by atoms with Crippen LogP contribution in [0.25, 0.3) is 0 Å². The molecule has 4 nitrogen and oxygen atoms in total. The molecular weight excluding hydrogens is 218 g/mol. The molecule has 0 saturated carbocycles. The van der Waals surface area contributed by atoms with Gasteiger partial charge in [-0.15, -0.1) is 0 Å². The van der Waals surface area contributed by atoms with E-state index in [1.54, 1.807) is 17.7 Å². The van der Waals surface area contributed by atoms with Crippen LogP contribution in [-0.4, -0.2) is 22.9 Å². The Morgan fingerprint density at radius 3 is 2.88 bits per heavy atom. The fraction of sp³-hybridized carbons (Fsp3) is 0.538. The Morgan fingerprint density at radius 2 is 2.12 bits per heavy atom. The molecule has 0 aliphatic heterocycles. The number of aromatic nitrogens is 1. The maximum Gasteiger partial charge on any atom is 0.325 e. The Morgan fingerprint density at radius 1 is 1.35 bits per heavy atom. The number of carbonyl (C=O) groups excluding carboxylic acids is 2. The second-order valence-electron chi connectivity index (χ2n) is 4.30. The highest BCUT2D eigenvalue weighted by Gasteiger charge is 2.18. The lowest BCUT2D eigenvalue weighted by Crippen LogP contribution is -2.12. The molecule has 0 N–H and O–H groups in total. The molecule has 1 aliphatic carbocycles. The van der Waals surface area contributed by atoms with Crippen LogP contribution in [0.3, 0.4) is 0 Å². The summed E-state index contributed by atoms with van der Waals surface area (Å²) in [5.41, 5.74) is 1.85. The molecule has 1 aromatic heterocycles. The average molecular weight is 235 g/mol. The number of carbonyl (C=O) groups is 2. The smallest absolute Gasteiger partial charge is 0.325 e. The molecule has 0 unspecified atom stereocenters. The maximum absolute atomic E-state index is 11.8. The van der Waals surface area contributed by atoms with Crippen molar-refractivity contribution in [3.63, 3.8) is 0 Å². The number of rotatable bonds is 3. The lowest BCUT2D eigenvalue weighted by Gasteiger charge is -2.02. The number of hydrogen-bond donors (Lipinski definition) is 0. The number of fused-ring (bicyclic) bond motifs is 1. The van der Waals surface area contributed by atoms with Gasteiger partial charge in [-0.2, -0.15) is 0 Å². The minimum Gasteiger partial charge on any atom is -0.465 e. The van der Waals surface area contributed by atoms with Gasteiger partial charge in [0.2, 0.25) is 0 Å². The highest BCUT2D eigenvalue weighted by atomic mass is 16.5. The SMILES string of the molecule is CCOC(=O)Cn1cc2c(c1)C(=O)CCCC2. The first-order valence-electron chi connectivity index (χ1n) is 6.08. The molecule has 0 spiro atoms. The van der Waals surface area contributed by atoms with E-state index in [9.17, 15) is 9.59 Å². The van der Waals surface area contributed by atoms with E-state index in [1.807, 2.05) is 6.20 Å². The molecule has 2 rings (SSSR count). The van der Waals surface area contributed by atoms with E-state index in [-0.39, 0.29) is 18.3 Å². The number of esters is 1. The summed E-state index contributed by atoms with van der Waals surface area (Å²) in [4.78, 5) is 23.1. The third-order valence-electron chi connectivity index (χ3n) is 2.98. The summed E-state index contributed by atoms with van der Waals surface area (Å²) in [5.74, 6) is -0.0646. The highest BCUT2D eigenvalue weighted by Crippen LogP contribution is 2.21. The zero-order valence-electron chi connectivity index (χ0n) is 10.1. The van der Waals surface area contributed by atoms with Crippen LogP contribution in [0.5, 0.6) is 0 Å². The van der Waals surface area contributed by atoms with Crippen molar-refractivity contribution in [3.8, 4) is 0 Å². The molecule has 0 saturated heterocycles. The van der Waals surface area contributed by atoms with Crippen LogP contribution in [0.1, 0.15) is 42.1 Å². The van der Waals surface area contributed by atoms with Crippen molar-refractivity contribution in [3.05, 3.63) is 23.5 Å². The monoisotopic (exact) mass is 235 g/mol. The van der Waals surface area contributed by atoms with Crippen LogP contribution in [0.15, 0.2) is 12.4 Å². The summed E-state index contributed by atoms with van der Waals surface area (Å²) in [7, 11) is 0. The number of ether oxygens (including phenoxy) is 1. The van der Waals surface area contributed by atoms with Gasteiger partial charge in [0.1, 0.15) is 6.54 Å². The molecule has 1 aliphatic rings. The zero-order chi connectivity index (χ0) is 12.3. The molecule has 0 fully saturated rings. The Labute approximate surface area is 101 Å². The lowest BCUT2D eigenvalue weighted by molar-refractivity contribution is -0.143. The van der Waals surface area contributed by atoms with Crippen molar-refractivity contribution in [1.82, 2.24) is 4.57 Å². The van der Waals surface area contributed by atoms with Gasteiger partial charge in [-0.05, 0) is 31.7 Å². The van der Waals surface area contributed by atoms with Crippen molar-refractivity contribution in [2.75, 3.05) is 6.61 Å². The highest BCUT2D eigenvalue weighted by molar-refractivity contribution is 5.97. The topological polar surface area (TPSA) is 48.3 Å². The molecule has 0 radical (unpaired) electrons. The molecule has 1 heterocycles. The van der Waals surface area contributed by atoms with Gasteiger partial charge in [0.25, 0.3) is 0 Å². The fourth-order valence-electron chi connectivity index (χ4n) is 2.19. The quantitative estimate of drug-likeness (QED) is 0.594. The molecule has 92 valence electrons. The number of Topliss-reactive ketones (excluding diaryl/α,β-unsaturated/α-hetero) is 1. The number of aryl methyl sites for hydroxylation is 1. The molecule has 17 heavy (non-hydrogen) atoms. The first-order chi connectivity index (χ1) is 8.20. The van der Waals surface area contributed by atoms with Crippen LogP contribution in [0.4, 0.5) is 0 Å². The van der Waals surface area contributed by atoms with E-state index in [2.05, 4.69) is 0 Å².